The van der Waals surface area contributed by atoms with Gasteiger partial charge in [0.05, 0.1) is 19.3 Å². The summed E-state index contributed by atoms with van der Waals surface area (Å²) in [6.45, 7) is 6.45. The average Bonchev–Trinajstić information content (AvgIpc) is 2.28. The Balaban J connectivity index is 3.86. The van der Waals surface area contributed by atoms with Gasteiger partial charge in [-0.1, -0.05) is 6.92 Å². The van der Waals surface area contributed by atoms with Crippen LogP contribution in [0.25, 0.3) is 0 Å². The van der Waals surface area contributed by atoms with Gasteiger partial charge in [0.25, 0.3) is 0 Å². The van der Waals surface area contributed by atoms with Gasteiger partial charge < -0.3 is 14.2 Å². The van der Waals surface area contributed by atoms with Crippen molar-refractivity contribution in [2.45, 2.75) is 19.4 Å². The Morgan fingerprint density at radius 3 is 1.87 bits per heavy atom. The standard InChI is InChI=1S/C11H25NO3/c1-5-11(15-4)10-12(6-8-13-2)7-9-14-3/h11H,5-10H2,1-4H3. The molecule has 0 saturated carbocycles. The molecule has 15 heavy (non-hydrogen) atoms. The van der Waals surface area contributed by atoms with Crippen molar-refractivity contribution in [1.29, 1.82) is 0 Å². The third-order valence-corrected chi connectivity index (χ3v) is 2.47. The van der Waals surface area contributed by atoms with Gasteiger partial charge in [-0.05, 0) is 6.42 Å². The second-order valence-electron chi connectivity index (χ2n) is 3.55. The van der Waals surface area contributed by atoms with Gasteiger partial charge in [-0.2, -0.15) is 0 Å². The fraction of sp³-hybridized carbons (Fsp3) is 1.00. The van der Waals surface area contributed by atoms with Crippen molar-refractivity contribution < 1.29 is 14.2 Å². The first-order valence-electron chi connectivity index (χ1n) is 5.51. The number of rotatable bonds is 10. The molecule has 0 heterocycles. The monoisotopic (exact) mass is 219 g/mol. The van der Waals surface area contributed by atoms with Crippen LogP contribution in [0.3, 0.4) is 0 Å². The molecule has 4 heteroatoms. The van der Waals surface area contributed by atoms with E-state index in [0.717, 1.165) is 39.3 Å². The van der Waals surface area contributed by atoms with Crippen LogP contribution in [0.4, 0.5) is 0 Å². The molecule has 0 rings (SSSR count). The maximum Gasteiger partial charge on any atom is 0.0695 e. The van der Waals surface area contributed by atoms with E-state index in [9.17, 15) is 0 Å². The Morgan fingerprint density at radius 1 is 1.00 bits per heavy atom. The second-order valence-corrected chi connectivity index (χ2v) is 3.55. The normalized spacial score (nSPS) is 13.4. The number of ether oxygens (including phenoxy) is 3. The van der Waals surface area contributed by atoms with Crippen LogP contribution in [0.1, 0.15) is 13.3 Å². The fourth-order valence-corrected chi connectivity index (χ4v) is 1.39. The third-order valence-electron chi connectivity index (χ3n) is 2.47. The largest absolute Gasteiger partial charge is 0.383 e. The number of hydrogen-bond acceptors (Lipinski definition) is 4. The lowest BCUT2D eigenvalue weighted by Gasteiger charge is -2.25. The zero-order valence-electron chi connectivity index (χ0n) is 10.5. The van der Waals surface area contributed by atoms with Gasteiger partial charge in [0.15, 0.2) is 0 Å². The second kappa shape index (κ2) is 10.4. The maximum absolute atomic E-state index is 5.37. The SMILES string of the molecule is CCC(CN(CCOC)CCOC)OC. The van der Waals surface area contributed by atoms with Crippen molar-refractivity contribution in [3.8, 4) is 0 Å². The summed E-state index contributed by atoms with van der Waals surface area (Å²) in [6.07, 6.45) is 1.34. The Bertz CT molecular complexity index is 121. The lowest BCUT2D eigenvalue weighted by atomic mass is 10.2. The van der Waals surface area contributed by atoms with Gasteiger partial charge in [-0.25, -0.2) is 0 Å². The summed E-state index contributed by atoms with van der Waals surface area (Å²) in [4.78, 5) is 2.31. The van der Waals surface area contributed by atoms with Crippen LogP contribution < -0.4 is 0 Å². The third kappa shape index (κ3) is 7.73. The highest BCUT2D eigenvalue weighted by molar-refractivity contribution is 4.64. The summed E-state index contributed by atoms with van der Waals surface area (Å²) < 4.78 is 15.5. The molecule has 0 aliphatic rings. The zero-order chi connectivity index (χ0) is 11.5. The molecule has 1 atom stereocenters. The van der Waals surface area contributed by atoms with Crippen LogP contribution in [-0.2, 0) is 14.2 Å². The summed E-state index contributed by atoms with van der Waals surface area (Å²) in [7, 11) is 5.21. The molecule has 0 N–H and O–H groups in total. The van der Waals surface area contributed by atoms with Gasteiger partial charge in [0.1, 0.15) is 0 Å². The van der Waals surface area contributed by atoms with Crippen molar-refractivity contribution >= 4 is 0 Å². The number of nitrogens with zero attached hydrogens (tertiary/aromatic N) is 1. The molecule has 0 aromatic rings. The van der Waals surface area contributed by atoms with E-state index in [2.05, 4.69) is 11.8 Å². The molecular weight excluding hydrogens is 194 g/mol. The summed E-state index contributed by atoms with van der Waals surface area (Å²) in [5.74, 6) is 0. The summed E-state index contributed by atoms with van der Waals surface area (Å²) in [5.41, 5.74) is 0. The molecule has 0 aliphatic heterocycles. The van der Waals surface area contributed by atoms with E-state index in [4.69, 9.17) is 14.2 Å². The van der Waals surface area contributed by atoms with Crippen molar-refractivity contribution in [2.24, 2.45) is 0 Å². The fourth-order valence-electron chi connectivity index (χ4n) is 1.39. The zero-order valence-corrected chi connectivity index (χ0v) is 10.5. The van der Waals surface area contributed by atoms with Crippen molar-refractivity contribution in [3.63, 3.8) is 0 Å². The van der Waals surface area contributed by atoms with E-state index in [1.165, 1.54) is 0 Å². The first-order chi connectivity index (χ1) is 7.28. The number of methoxy groups -OCH3 is 3. The van der Waals surface area contributed by atoms with Crippen LogP contribution in [0.15, 0.2) is 0 Å². The minimum atomic E-state index is 0.304. The lowest BCUT2D eigenvalue weighted by molar-refractivity contribution is 0.0410. The summed E-state index contributed by atoms with van der Waals surface area (Å²) >= 11 is 0. The van der Waals surface area contributed by atoms with Crippen molar-refractivity contribution in [1.82, 2.24) is 4.90 Å². The van der Waals surface area contributed by atoms with Gasteiger partial charge >= 0.3 is 0 Å². The molecule has 0 radical (unpaired) electrons. The molecule has 0 spiro atoms. The highest BCUT2D eigenvalue weighted by Gasteiger charge is 2.11. The molecule has 0 fully saturated rings. The predicted octanol–water partition coefficient (Wildman–Crippen LogP) is 1.01. The van der Waals surface area contributed by atoms with Gasteiger partial charge in [-0.3, -0.25) is 4.90 Å². The Hall–Kier alpha value is -0.160. The van der Waals surface area contributed by atoms with Gasteiger partial charge in [-0.15, -0.1) is 0 Å². The first-order valence-corrected chi connectivity index (χ1v) is 5.51. The highest BCUT2D eigenvalue weighted by Crippen LogP contribution is 2.00. The maximum atomic E-state index is 5.37. The summed E-state index contributed by atoms with van der Waals surface area (Å²) in [6, 6.07) is 0. The lowest BCUT2D eigenvalue weighted by Crippen LogP contribution is -2.37. The molecule has 1 unspecified atom stereocenters. The molecule has 0 aromatic heterocycles. The average molecular weight is 219 g/mol. The van der Waals surface area contributed by atoms with Crippen LogP contribution in [-0.4, -0.2) is 65.2 Å². The molecule has 0 aromatic carbocycles. The molecule has 0 bridgehead atoms. The van der Waals surface area contributed by atoms with E-state index in [0.29, 0.717) is 6.10 Å². The van der Waals surface area contributed by atoms with Crippen LogP contribution in [0.2, 0.25) is 0 Å². The smallest absolute Gasteiger partial charge is 0.0695 e. The molecular formula is C11H25NO3. The van der Waals surface area contributed by atoms with Gasteiger partial charge in [0, 0.05) is 41.0 Å². The molecule has 4 nitrogen and oxygen atoms in total. The van der Waals surface area contributed by atoms with Crippen LogP contribution >= 0.6 is 0 Å². The Kier molecular flexibility index (Phi) is 10.3. The topological polar surface area (TPSA) is 30.9 Å². The molecule has 0 aliphatic carbocycles. The molecule has 0 saturated heterocycles. The predicted molar refractivity (Wildman–Crippen MR) is 61.3 cm³/mol. The van der Waals surface area contributed by atoms with E-state index in [-0.39, 0.29) is 0 Å². The van der Waals surface area contributed by atoms with Crippen LogP contribution in [0, 0.1) is 0 Å². The first kappa shape index (κ1) is 14.8. The molecule has 0 amide bonds. The van der Waals surface area contributed by atoms with Crippen LogP contribution in [0.5, 0.6) is 0 Å². The quantitative estimate of drug-likeness (QED) is 0.548. The van der Waals surface area contributed by atoms with E-state index in [1.807, 2.05) is 0 Å². The minimum Gasteiger partial charge on any atom is -0.383 e. The van der Waals surface area contributed by atoms with E-state index in [1.54, 1.807) is 21.3 Å². The van der Waals surface area contributed by atoms with Crippen molar-refractivity contribution in [3.05, 3.63) is 0 Å². The number of hydrogen-bond donors (Lipinski definition) is 0. The van der Waals surface area contributed by atoms with Gasteiger partial charge in [0.2, 0.25) is 0 Å². The summed E-state index contributed by atoms with van der Waals surface area (Å²) in [5, 5.41) is 0. The van der Waals surface area contributed by atoms with Crippen molar-refractivity contribution in [2.75, 3.05) is 54.2 Å². The minimum absolute atomic E-state index is 0.304. The highest BCUT2D eigenvalue weighted by atomic mass is 16.5. The Morgan fingerprint density at radius 2 is 1.53 bits per heavy atom. The molecule has 92 valence electrons. The Labute approximate surface area is 93.5 Å². The van der Waals surface area contributed by atoms with E-state index >= 15 is 0 Å². The van der Waals surface area contributed by atoms with E-state index < -0.39 is 0 Å².